The van der Waals surface area contributed by atoms with Gasteiger partial charge in [-0.05, 0) is 12.2 Å². The molecule has 0 aromatic carbocycles. The van der Waals surface area contributed by atoms with Crippen LogP contribution in [0, 0.1) is 0 Å². The minimum atomic E-state index is -0.784. The Kier molecular flexibility index (Phi) is 2.82. The monoisotopic (exact) mass is 234 g/mol. The fraction of sp³-hybridized carbons (Fsp3) is 0.875. The van der Waals surface area contributed by atoms with Crippen molar-refractivity contribution < 1.29 is 19.7 Å². The molecule has 0 aromatic heterocycles. The Bertz CT molecular complexity index is 277. The number of nitrogens with two attached hydrogens (primary N) is 1. The summed E-state index contributed by atoms with van der Waals surface area (Å²) in [6.07, 6.45) is -1.93. The van der Waals surface area contributed by atoms with Gasteiger partial charge in [0.2, 0.25) is 0 Å². The number of hydrogen-bond acceptors (Lipinski definition) is 5. The van der Waals surface area contributed by atoms with Crippen molar-refractivity contribution in [2.45, 2.75) is 30.6 Å². The van der Waals surface area contributed by atoms with Crippen molar-refractivity contribution in [1.29, 1.82) is 0 Å². The zero-order valence-electron chi connectivity index (χ0n) is 8.24. The van der Waals surface area contributed by atoms with Gasteiger partial charge in [-0.15, -0.1) is 0 Å². The van der Waals surface area contributed by atoms with Crippen LogP contribution in [0.3, 0.4) is 0 Å². The van der Waals surface area contributed by atoms with Crippen LogP contribution in [0.25, 0.3) is 0 Å². The third kappa shape index (κ3) is 1.60. The summed E-state index contributed by atoms with van der Waals surface area (Å²) in [7, 11) is 1.50. The zero-order valence-corrected chi connectivity index (χ0v) is 9.05. The molecule has 86 valence electrons. The maximum Gasteiger partial charge on any atom is 0.180 e. The molecule has 2 rings (SSSR count). The van der Waals surface area contributed by atoms with Crippen molar-refractivity contribution in [3.8, 4) is 0 Å². The van der Waals surface area contributed by atoms with Gasteiger partial charge in [-0.3, -0.25) is 0 Å². The molecule has 2 aliphatic rings. The predicted molar refractivity (Wildman–Crippen MR) is 55.0 cm³/mol. The number of ether oxygens (including phenoxy) is 2. The quantitative estimate of drug-likeness (QED) is 0.376. The Morgan fingerprint density at radius 1 is 1.60 bits per heavy atom. The van der Waals surface area contributed by atoms with Gasteiger partial charge < -0.3 is 30.3 Å². The van der Waals surface area contributed by atoms with Gasteiger partial charge in [-0.2, -0.15) is 0 Å². The van der Waals surface area contributed by atoms with Crippen LogP contribution in [0.5, 0.6) is 0 Å². The molecule has 0 radical (unpaired) electrons. The Balaban J connectivity index is 2.13. The summed E-state index contributed by atoms with van der Waals surface area (Å²) in [6, 6.07) is -0.330. The first-order valence-corrected chi connectivity index (χ1v) is 5.07. The molecule has 2 heterocycles. The zero-order chi connectivity index (χ0) is 11.2. The number of thiocarbonyl (C=S) groups is 1. The van der Waals surface area contributed by atoms with E-state index in [1.165, 1.54) is 7.11 Å². The number of aliphatic hydroxyl groups excluding tert-OH is 2. The standard InChI is InChI=1S/C8H14N2O4S/c1-13-7-5-4(10(5)8(9)15)6(12)3(2-11)14-7/h3-7,11-12H,2H2,1H3,(H2,9,15). The second-order valence-electron chi connectivity index (χ2n) is 3.68. The van der Waals surface area contributed by atoms with Crippen molar-refractivity contribution >= 4 is 17.3 Å². The van der Waals surface area contributed by atoms with Gasteiger partial charge in [0.15, 0.2) is 11.4 Å². The van der Waals surface area contributed by atoms with E-state index in [1.807, 2.05) is 0 Å². The summed E-state index contributed by atoms with van der Waals surface area (Å²) in [5.74, 6) is 0. The number of aliphatic hydroxyl groups is 2. The van der Waals surface area contributed by atoms with Gasteiger partial charge in [-0.1, -0.05) is 0 Å². The Morgan fingerprint density at radius 2 is 2.27 bits per heavy atom. The molecule has 0 aliphatic carbocycles. The molecular formula is C8H14N2O4S. The molecule has 0 aromatic rings. The fourth-order valence-electron chi connectivity index (χ4n) is 2.12. The van der Waals surface area contributed by atoms with Crippen LogP contribution in [0.15, 0.2) is 0 Å². The van der Waals surface area contributed by atoms with E-state index in [2.05, 4.69) is 0 Å². The highest BCUT2D eigenvalue weighted by atomic mass is 32.1. The largest absolute Gasteiger partial charge is 0.394 e. The third-order valence-electron chi connectivity index (χ3n) is 2.89. The van der Waals surface area contributed by atoms with E-state index in [4.69, 9.17) is 32.5 Å². The van der Waals surface area contributed by atoms with E-state index in [0.29, 0.717) is 0 Å². The van der Waals surface area contributed by atoms with Crippen LogP contribution in [-0.2, 0) is 9.47 Å². The molecule has 7 heteroatoms. The molecule has 5 unspecified atom stereocenters. The first kappa shape index (κ1) is 11.0. The molecular weight excluding hydrogens is 220 g/mol. The number of fused-ring (bicyclic) bond motifs is 1. The molecule has 0 saturated carbocycles. The van der Waals surface area contributed by atoms with Gasteiger partial charge in [0, 0.05) is 7.11 Å². The van der Waals surface area contributed by atoms with E-state index in [-0.39, 0.29) is 23.8 Å². The maximum atomic E-state index is 9.81. The number of hydrogen-bond donors (Lipinski definition) is 3. The van der Waals surface area contributed by atoms with Gasteiger partial charge >= 0.3 is 0 Å². The van der Waals surface area contributed by atoms with Crippen LogP contribution in [0.4, 0.5) is 0 Å². The molecule has 4 N–H and O–H groups in total. The highest BCUT2D eigenvalue weighted by Gasteiger charge is 2.63. The second kappa shape index (κ2) is 3.84. The van der Waals surface area contributed by atoms with Gasteiger partial charge in [0.05, 0.1) is 12.6 Å². The van der Waals surface area contributed by atoms with Crippen LogP contribution in [0.1, 0.15) is 0 Å². The van der Waals surface area contributed by atoms with Crippen molar-refractivity contribution in [2.75, 3.05) is 13.7 Å². The van der Waals surface area contributed by atoms with Crippen LogP contribution >= 0.6 is 12.2 Å². The molecule has 0 bridgehead atoms. The summed E-state index contributed by atoms with van der Waals surface area (Å²) >= 11 is 4.84. The van der Waals surface area contributed by atoms with Crippen molar-refractivity contribution in [3.05, 3.63) is 0 Å². The lowest BCUT2D eigenvalue weighted by atomic mass is 10.1. The summed E-state index contributed by atoms with van der Waals surface area (Å²) < 4.78 is 10.5. The average molecular weight is 234 g/mol. The Hall–Kier alpha value is -0.470. The molecule has 5 atom stereocenters. The molecule has 2 saturated heterocycles. The van der Waals surface area contributed by atoms with Crippen LogP contribution in [-0.4, -0.2) is 64.5 Å². The van der Waals surface area contributed by atoms with Crippen LogP contribution < -0.4 is 5.73 Å². The lowest BCUT2D eigenvalue weighted by Crippen LogP contribution is -2.47. The summed E-state index contributed by atoms with van der Waals surface area (Å²) in [5, 5.41) is 19.0. The highest BCUT2D eigenvalue weighted by Crippen LogP contribution is 2.40. The van der Waals surface area contributed by atoms with E-state index >= 15 is 0 Å². The minimum absolute atomic E-state index is 0.134. The van der Waals surface area contributed by atoms with Crippen molar-refractivity contribution in [2.24, 2.45) is 5.73 Å². The maximum absolute atomic E-state index is 9.81. The SMILES string of the molecule is COC1OC(CO)C(O)C2C1N2C(N)=S. The summed E-state index contributed by atoms with van der Waals surface area (Å²) in [6.45, 7) is -0.255. The van der Waals surface area contributed by atoms with E-state index in [0.717, 1.165) is 0 Å². The topological polar surface area (TPSA) is 88.0 Å². The van der Waals surface area contributed by atoms with E-state index < -0.39 is 18.5 Å². The third-order valence-corrected chi connectivity index (χ3v) is 3.10. The second-order valence-corrected chi connectivity index (χ2v) is 4.10. The lowest BCUT2D eigenvalue weighted by molar-refractivity contribution is -0.206. The number of rotatable bonds is 2. The van der Waals surface area contributed by atoms with E-state index in [1.54, 1.807) is 4.90 Å². The molecule has 0 amide bonds. The molecule has 0 spiro atoms. The van der Waals surface area contributed by atoms with Gasteiger partial charge in [0.1, 0.15) is 18.2 Å². The molecule has 15 heavy (non-hydrogen) atoms. The van der Waals surface area contributed by atoms with Gasteiger partial charge in [-0.25, -0.2) is 0 Å². The predicted octanol–water partition coefficient (Wildman–Crippen LogP) is -1.99. The van der Waals surface area contributed by atoms with Gasteiger partial charge in [0.25, 0.3) is 0 Å². The van der Waals surface area contributed by atoms with E-state index in [9.17, 15) is 5.11 Å². The molecule has 2 fully saturated rings. The van der Waals surface area contributed by atoms with Crippen molar-refractivity contribution in [3.63, 3.8) is 0 Å². The Morgan fingerprint density at radius 3 is 2.73 bits per heavy atom. The smallest absolute Gasteiger partial charge is 0.180 e. The lowest BCUT2D eigenvalue weighted by Gasteiger charge is -2.29. The highest BCUT2D eigenvalue weighted by molar-refractivity contribution is 7.80. The first-order chi connectivity index (χ1) is 7.11. The average Bonchev–Trinajstić information content (AvgIpc) is 2.94. The minimum Gasteiger partial charge on any atom is -0.394 e. The Labute approximate surface area is 92.6 Å². The summed E-state index contributed by atoms with van der Waals surface area (Å²) in [4.78, 5) is 1.67. The first-order valence-electron chi connectivity index (χ1n) is 4.66. The molecule has 2 aliphatic heterocycles. The van der Waals surface area contributed by atoms with Crippen molar-refractivity contribution in [1.82, 2.24) is 4.90 Å². The molecule has 6 nitrogen and oxygen atoms in total. The number of nitrogens with zero attached hydrogens (tertiary/aromatic N) is 1. The number of methoxy groups -OCH3 is 1. The fourth-order valence-corrected chi connectivity index (χ4v) is 2.36. The summed E-state index contributed by atoms with van der Waals surface area (Å²) in [5.41, 5.74) is 5.50. The normalized spacial score (nSPS) is 43.7. The van der Waals surface area contributed by atoms with Crippen LogP contribution in [0.2, 0.25) is 0 Å².